The van der Waals surface area contributed by atoms with Crippen molar-refractivity contribution in [3.8, 4) is 0 Å². The predicted molar refractivity (Wildman–Crippen MR) is 45.5 cm³/mol. The maximum Gasteiger partial charge on any atom is 0.152 e. The van der Waals surface area contributed by atoms with Gasteiger partial charge in [0.25, 0.3) is 0 Å². The normalized spacial score (nSPS) is 14.8. The van der Waals surface area contributed by atoms with Crippen molar-refractivity contribution < 1.29 is 0 Å². The first-order valence-electron chi connectivity index (χ1n) is 3.59. The first-order chi connectivity index (χ1) is 5.36. The van der Waals surface area contributed by atoms with E-state index in [0.717, 1.165) is 23.8 Å². The van der Waals surface area contributed by atoms with Gasteiger partial charge in [0.2, 0.25) is 0 Å². The van der Waals surface area contributed by atoms with Crippen LogP contribution in [0.4, 0.5) is 11.5 Å². The number of nitrogens with zero attached hydrogens (tertiary/aromatic N) is 2. The zero-order chi connectivity index (χ0) is 7.68. The molecule has 0 unspecified atom stereocenters. The first-order valence-corrected chi connectivity index (χ1v) is 3.59. The third-order valence-corrected chi connectivity index (χ3v) is 1.61. The summed E-state index contributed by atoms with van der Waals surface area (Å²) in [6, 6.07) is 3.85. The highest BCUT2D eigenvalue weighted by Gasteiger charge is 2.06. The summed E-state index contributed by atoms with van der Waals surface area (Å²) in [4.78, 5) is 8.47. The van der Waals surface area contributed by atoms with E-state index in [1.165, 1.54) is 0 Å². The Morgan fingerprint density at radius 1 is 1.55 bits per heavy atom. The van der Waals surface area contributed by atoms with Gasteiger partial charge in [0.1, 0.15) is 5.69 Å². The summed E-state index contributed by atoms with van der Waals surface area (Å²) >= 11 is 0. The third-order valence-electron chi connectivity index (χ3n) is 1.61. The van der Waals surface area contributed by atoms with Crippen molar-refractivity contribution in [2.75, 3.05) is 11.9 Å². The molecule has 0 fully saturated rings. The number of nitrogens with one attached hydrogen (secondary N) is 1. The van der Waals surface area contributed by atoms with Crippen molar-refractivity contribution >= 4 is 17.2 Å². The van der Waals surface area contributed by atoms with E-state index in [4.69, 9.17) is 0 Å². The quantitative estimate of drug-likeness (QED) is 0.605. The van der Waals surface area contributed by atoms with E-state index in [9.17, 15) is 0 Å². The lowest BCUT2D eigenvalue weighted by molar-refractivity contribution is 1.19. The number of anilines is 1. The van der Waals surface area contributed by atoms with Crippen molar-refractivity contribution in [1.82, 2.24) is 4.98 Å². The monoisotopic (exact) mass is 147 g/mol. The summed E-state index contributed by atoms with van der Waals surface area (Å²) in [5, 5.41) is 3.17. The van der Waals surface area contributed by atoms with Crippen molar-refractivity contribution in [2.45, 2.75) is 6.92 Å². The number of aromatic nitrogens is 1. The fourth-order valence-electron chi connectivity index (χ4n) is 1.08. The number of aliphatic imine (C=N–C) groups is 1. The Hall–Kier alpha value is -1.38. The summed E-state index contributed by atoms with van der Waals surface area (Å²) < 4.78 is 0. The van der Waals surface area contributed by atoms with Crippen LogP contribution in [0.1, 0.15) is 6.92 Å². The zero-order valence-electron chi connectivity index (χ0n) is 6.33. The molecule has 2 heterocycles. The highest BCUT2D eigenvalue weighted by atomic mass is 15.0. The molecule has 0 spiro atoms. The van der Waals surface area contributed by atoms with Gasteiger partial charge in [-0.15, -0.1) is 0 Å². The Bertz CT molecular complexity index is 304. The molecule has 3 heteroatoms. The molecule has 1 aromatic heterocycles. The van der Waals surface area contributed by atoms with Gasteiger partial charge in [0, 0.05) is 11.9 Å². The van der Waals surface area contributed by atoms with E-state index in [1.807, 2.05) is 19.1 Å². The van der Waals surface area contributed by atoms with E-state index >= 15 is 0 Å². The lowest BCUT2D eigenvalue weighted by Gasteiger charge is -2.13. The van der Waals surface area contributed by atoms with E-state index in [1.54, 1.807) is 6.20 Å². The summed E-state index contributed by atoms with van der Waals surface area (Å²) in [6.07, 6.45) is 1.77. The molecule has 1 aliphatic heterocycles. The van der Waals surface area contributed by atoms with Gasteiger partial charge in [-0.3, -0.25) is 4.99 Å². The van der Waals surface area contributed by atoms with Crippen molar-refractivity contribution in [1.29, 1.82) is 0 Å². The van der Waals surface area contributed by atoms with E-state index in [2.05, 4.69) is 15.3 Å². The molecular weight excluding hydrogens is 138 g/mol. The smallest absolute Gasteiger partial charge is 0.152 e. The Labute approximate surface area is 65.2 Å². The molecule has 2 rings (SSSR count). The number of hydrogen-bond acceptors (Lipinski definition) is 3. The highest BCUT2D eigenvalue weighted by molar-refractivity contribution is 5.92. The van der Waals surface area contributed by atoms with Crippen LogP contribution < -0.4 is 5.32 Å². The van der Waals surface area contributed by atoms with E-state index in [-0.39, 0.29) is 0 Å². The lowest BCUT2D eigenvalue weighted by atomic mass is 10.3. The molecule has 0 aromatic carbocycles. The molecule has 0 amide bonds. The van der Waals surface area contributed by atoms with Crippen LogP contribution in [-0.2, 0) is 0 Å². The summed E-state index contributed by atoms with van der Waals surface area (Å²) in [5.41, 5.74) is 2.04. The fraction of sp³-hybridized carbons (Fsp3) is 0.250. The fourth-order valence-corrected chi connectivity index (χ4v) is 1.08. The second-order valence-electron chi connectivity index (χ2n) is 2.57. The van der Waals surface area contributed by atoms with E-state index in [0.29, 0.717) is 0 Å². The number of hydrogen-bond donors (Lipinski definition) is 1. The molecule has 1 aromatic rings. The SMILES string of the molecule is CC1=Nc2cccnc2NC1. The minimum absolute atomic E-state index is 0.810. The molecule has 1 aliphatic rings. The number of rotatable bonds is 0. The van der Waals surface area contributed by atoms with Crippen LogP contribution in [-0.4, -0.2) is 17.2 Å². The molecule has 0 saturated heterocycles. The third kappa shape index (κ3) is 1.09. The zero-order valence-corrected chi connectivity index (χ0v) is 6.33. The predicted octanol–water partition coefficient (Wildman–Crippen LogP) is 1.60. The molecule has 0 aliphatic carbocycles. The van der Waals surface area contributed by atoms with Gasteiger partial charge >= 0.3 is 0 Å². The van der Waals surface area contributed by atoms with Gasteiger partial charge in [-0.1, -0.05) is 0 Å². The summed E-state index contributed by atoms with van der Waals surface area (Å²) in [7, 11) is 0. The van der Waals surface area contributed by atoms with Gasteiger partial charge in [-0.25, -0.2) is 4.98 Å². The number of pyridine rings is 1. The standard InChI is InChI=1S/C8H9N3/c1-6-5-10-8-7(11-6)3-2-4-9-8/h2-4H,5H2,1H3,(H,9,10). The molecule has 3 nitrogen and oxygen atoms in total. The largest absolute Gasteiger partial charge is 0.363 e. The topological polar surface area (TPSA) is 37.3 Å². The van der Waals surface area contributed by atoms with E-state index < -0.39 is 0 Å². The van der Waals surface area contributed by atoms with Gasteiger partial charge in [-0.05, 0) is 19.1 Å². The second-order valence-corrected chi connectivity index (χ2v) is 2.57. The van der Waals surface area contributed by atoms with Crippen LogP contribution in [0.3, 0.4) is 0 Å². The van der Waals surface area contributed by atoms with Crippen molar-refractivity contribution in [3.05, 3.63) is 18.3 Å². The molecule has 0 bridgehead atoms. The molecule has 56 valence electrons. The maximum absolute atomic E-state index is 4.34. The average molecular weight is 147 g/mol. The maximum atomic E-state index is 4.34. The Morgan fingerprint density at radius 3 is 3.36 bits per heavy atom. The Balaban J connectivity index is 2.51. The average Bonchev–Trinajstić information content (AvgIpc) is 2.04. The Kier molecular flexibility index (Phi) is 1.35. The Morgan fingerprint density at radius 2 is 2.45 bits per heavy atom. The van der Waals surface area contributed by atoms with Crippen LogP contribution >= 0.6 is 0 Å². The van der Waals surface area contributed by atoms with Gasteiger partial charge in [-0.2, -0.15) is 0 Å². The molecule has 0 saturated carbocycles. The molecule has 0 radical (unpaired) electrons. The van der Waals surface area contributed by atoms with Crippen molar-refractivity contribution in [3.63, 3.8) is 0 Å². The number of fused-ring (bicyclic) bond motifs is 1. The molecule has 0 atom stereocenters. The van der Waals surface area contributed by atoms with Gasteiger partial charge in [0.15, 0.2) is 5.82 Å². The van der Waals surface area contributed by atoms with Crippen LogP contribution in [0.5, 0.6) is 0 Å². The molecule has 11 heavy (non-hydrogen) atoms. The van der Waals surface area contributed by atoms with Gasteiger partial charge in [0.05, 0.1) is 6.54 Å². The lowest BCUT2D eigenvalue weighted by Crippen LogP contribution is -2.15. The van der Waals surface area contributed by atoms with Crippen LogP contribution in [0.2, 0.25) is 0 Å². The van der Waals surface area contributed by atoms with Crippen molar-refractivity contribution in [2.24, 2.45) is 4.99 Å². The summed E-state index contributed by atoms with van der Waals surface area (Å²) in [6.45, 7) is 2.81. The van der Waals surface area contributed by atoms with Gasteiger partial charge < -0.3 is 5.32 Å². The van der Waals surface area contributed by atoms with Crippen LogP contribution in [0.25, 0.3) is 0 Å². The minimum atomic E-state index is 0.810. The highest BCUT2D eigenvalue weighted by Crippen LogP contribution is 2.23. The second kappa shape index (κ2) is 2.34. The summed E-state index contributed by atoms with van der Waals surface area (Å²) in [5.74, 6) is 0.887. The minimum Gasteiger partial charge on any atom is -0.363 e. The molecule has 1 N–H and O–H groups in total. The molecular formula is C8H9N3. The van der Waals surface area contributed by atoms with Crippen LogP contribution in [0, 0.1) is 0 Å². The first kappa shape index (κ1) is 6.34. The van der Waals surface area contributed by atoms with Crippen LogP contribution in [0.15, 0.2) is 23.3 Å².